The van der Waals surface area contributed by atoms with Gasteiger partial charge in [-0.25, -0.2) is 4.79 Å². The first kappa shape index (κ1) is 20.7. The summed E-state index contributed by atoms with van der Waals surface area (Å²) < 4.78 is 38.0. The SMILES string of the molecule is O=C(Nc1ccc(C(F)(F)F)cc1)N1CCC2(CCN(C(=O)c3cccs3)CC2)C1. The Hall–Kier alpha value is -2.55. The summed E-state index contributed by atoms with van der Waals surface area (Å²) in [7, 11) is 0. The van der Waals surface area contributed by atoms with Crippen molar-refractivity contribution < 1.29 is 22.8 Å². The number of alkyl halides is 3. The normalized spacial score (nSPS) is 18.6. The van der Waals surface area contributed by atoms with Crippen LogP contribution in [0.5, 0.6) is 0 Å². The first-order chi connectivity index (χ1) is 14.3. The van der Waals surface area contributed by atoms with Crippen LogP contribution >= 0.6 is 11.3 Å². The Morgan fingerprint density at radius 3 is 2.17 bits per heavy atom. The van der Waals surface area contributed by atoms with Gasteiger partial charge < -0.3 is 15.1 Å². The average molecular weight is 437 g/mol. The van der Waals surface area contributed by atoms with E-state index in [1.54, 1.807) is 4.90 Å². The molecule has 0 bridgehead atoms. The molecule has 2 aliphatic heterocycles. The molecule has 30 heavy (non-hydrogen) atoms. The number of carbonyl (C=O) groups is 2. The van der Waals surface area contributed by atoms with Crippen molar-refractivity contribution in [2.45, 2.75) is 25.4 Å². The molecular formula is C21H22F3N3O2S. The van der Waals surface area contributed by atoms with Crippen LogP contribution in [0.2, 0.25) is 0 Å². The lowest BCUT2D eigenvalue weighted by Gasteiger charge is -2.39. The van der Waals surface area contributed by atoms with E-state index < -0.39 is 11.7 Å². The monoisotopic (exact) mass is 437 g/mol. The van der Waals surface area contributed by atoms with Gasteiger partial charge in [0.1, 0.15) is 0 Å². The Labute approximate surface area is 176 Å². The summed E-state index contributed by atoms with van der Waals surface area (Å²) in [4.78, 5) is 29.4. The van der Waals surface area contributed by atoms with Crippen molar-refractivity contribution in [3.8, 4) is 0 Å². The second kappa shape index (κ2) is 7.94. The number of halogens is 3. The number of thiophene rings is 1. The van der Waals surface area contributed by atoms with E-state index in [2.05, 4.69) is 5.32 Å². The molecule has 0 unspecified atom stereocenters. The van der Waals surface area contributed by atoms with Crippen molar-refractivity contribution in [3.05, 3.63) is 52.2 Å². The minimum absolute atomic E-state index is 0.00368. The molecule has 0 radical (unpaired) electrons. The largest absolute Gasteiger partial charge is 0.416 e. The van der Waals surface area contributed by atoms with Crippen molar-refractivity contribution in [1.82, 2.24) is 9.80 Å². The number of amides is 3. The summed E-state index contributed by atoms with van der Waals surface area (Å²) in [6, 6.07) is 7.85. The molecule has 1 spiro atoms. The Kier molecular flexibility index (Phi) is 5.48. The number of anilines is 1. The topological polar surface area (TPSA) is 52.7 Å². The Morgan fingerprint density at radius 2 is 1.60 bits per heavy atom. The van der Waals surface area contributed by atoms with Crippen molar-refractivity contribution >= 4 is 29.0 Å². The minimum Gasteiger partial charge on any atom is -0.338 e. The van der Waals surface area contributed by atoms with E-state index in [1.807, 2.05) is 22.4 Å². The van der Waals surface area contributed by atoms with E-state index in [1.165, 1.54) is 23.5 Å². The van der Waals surface area contributed by atoms with Crippen LogP contribution in [-0.2, 0) is 6.18 Å². The van der Waals surface area contributed by atoms with Crippen LogP contribution in [0.25, 0.3) is 0 Å². The van der Waals surface area contributed by atoms with E-state index in [0.717, 1.165) is 36.3 Å². The van der Waals surface area contributed by atoms with Crippen molar-refractivity contribution in [2.75, 3.05) is 31.5 Å². The number of hydrogen-bond acceptors (Lipinski definition) is 3. The van der Waals surface area contributed by atoms with Crippen LogP contribution in [0.4, 0.5) is 23.7 Å². The van der Waals surface area contributed by atoms with Gasteiger partial charge >= 0.3 is 12.2 Å². The second-order valence-electron chi connectivity index (χ2n) is 7.95. The number of hydrogen-bond donors (Lipinski definition) is 1. The highest BCUT2D eigenvalue weighted by Crippen LogP contribution is 2.41. The predicted molar refractivity (Wildman–Crippen MR) is 109 cm³/mol. The maximum absolute atomic E-state index is 12.7. The molecule has 0 atom stereocenters. The fourth-order valence-electron chi connectivity index (χ4n) is 4.20. The summed E-state index contributed by atoms with van der Waals surface area (Å²) in [5, 5.41) is 4.58. The maximum Gasteiger partial charge on any atom is 0.416 e. The molecular weight excluding hydrogens is 415 g/mol. The third-order valence-electron chi connectivity index (χ3n) is 6.03. The van der Waals surface area contributed by atoms with Gasteiger partial charge in [0.05, 0.1) is 10.4 Å². The zero-order valence-corrected chi connectivity index (χ0v) is 17.1. The van der Waals surface area contributed by atoms with Crippen LogP contribution in [-0.4, -0.2) is 47.9 Å². The molecule has 0 saturated carbocycles. The molecule has 1 aromatic carbocycles. The van der Waals surface area contributed by atoms with Crippen LogP contribution in [0.1, 0.15) is 34.5 Å². The number of urea groups is 1. The van der Waals surface area contributed by atoms with Gasteiger partial charge in [-0.2, -0.15) is 13.2 Å². The van der Waals surface area contributed by atoms with Gasteiger partial charge in [-0.1, -0.05) is 6.07 Å². The summed E-state index contributed by atoms with van der Waals surface area (Å²) in [5.41, 5.74) is -0.404. The van der Waals surface area contributed by atoms with E-state index in [0.29, 0.717) is 31.9 Å². The summed E-state index contributed by atoms with van der Waals surface area (Å²) in [6.07, 6.45) is -1.85. The molecule has 1 aromatic heterocycles. The predicted octanol–water partition coefficient (Wildman–Crippen LogP) is 4.93. The first-order valence-electron chi connectivity index (χ1n) is 9.82. The van der Waals surface area contributed by atoms with E-state index in [-0.39, 0.29) is 17.4 Å². The Morgan fingerprint density at radius 1 is 0.967 bits per heavy atom. The number of benzene rings is 1. The molecule has 2 fully saturated rings. The fourth-order valence-corrected chi connectivity index (χ4v) is 4.89. The Bertz CT molecular complexity index is 905. The van der Waals surface area contributed by atoms with E-state index in [9.17, 15) is 22.8 Å². The summed E-state index contributed by atoms with van der Waals surface area (Å²) in [6.45, 7) is 2.54. The smallest absolute Gasteiger partial charge is 0.338 e. The third-order valence-corrected chi connectivity index (χ3v) is 6.89. The number of likely N-dealkylation sites (tertiary alicyclic amines) is 2. The molecule has 160 valence electrons. The highest BCUT2D eigenvalue weighted by Gasteiger charge is 2.43. The van der Waals surface area contributed by atoms with Crippen molar-refractivity contribution in [2.24, 2.45) is 5.41 Å². The molecule has 2 aliphatic rings. The van der Waals surface area contributed by atoms with Gasteiger partial charge in [-0.05, 0) is 60.4 Å². The van der Waals surface area contributed by atoms with Gasteiger partial charge in [0.25, 0.3) is 5.91 Å². The molecule has 0 aliphatic carbocycles. The molecule has 5 nitrogen and oxygen atoms in total. The third kappa shape index (κ3) is 4.30. The van der Waals surface area contributed by atoms with Gasteiger partial charge in [-0.3, -0.25) is 4.79 Å². The standard InChI is InChI=1S/C21H22F3N3O2S/c22-21(23,24)15-3-5-16(6-4-15)25-19(29)27-12-9-20(14-27)7-10-26(11-8-20)18(28)17-2-1-13-30-17/h1-6,13H,7-12,14H2,(H,25,29). The molecule has 9 heteroatoms. The zero-order valence-electron chi connectivity index (χ0n) is 16.2. The fraction of sp³-hybridized carbons (Fsp3) is 0.429. The first-order valence-corrected chi connectivity index (χ1v) is 10.7. The van der Waals surface area contributed by atoms with Gasteiger partial charge in [0.15, 0.2) is 0 Å². The zero-order chi connectivity index (χ0) is 21.4. The molecule has 2 saturated heterocycles. The number of nitrogens with zero attached hydrogens (tertiary/aromatic N) is 2. The number of carbonyl (C=O) groups excluding carboxylic acids is 2. The lowest BCUT2D eigenvalue weighted by Crippen LogP contribution is -2.44. The molecule has 4 rings (SSSR count). The number of rotatable bonds is 2. The van der Waals surface area contributed by atoms with Gasteiger partial charge in [0, 0.05) is 31.9 Å². The van der Waals surface area contributed by atoms with E-state index >= 15 is 0 Å². The maximum atomic E-state index is 12.7. The molecule has 1 N–H and O–H groups in total. The van der Waals surface area contributed by atoms with Crippen molar-refractivity contribution in [3.63, 3.8) is 0 Å². The highest BCUT2D eigenvalue weighted by atomic mass is 32.1. The summed E-state index contributed by atoms with van der Waals surface area (Å²) >= 11 is 1.44. The van der Waals surface area contributed by atoms with Crippen LogP contribution in [0.3, 0.4) is 0 Å². The van der Waals surface area contributed by atoms with Crippen LogP contribution in [0.15, 0.2) is 41.8 Å². The lowest BCUT2D eigenvalue weighted by molar-refractivity contribution is -0.137. The van der Waals surface area contributed by atoms with Crippen molar-refractivity contribution in [1.29, 1.82) is 0 Å². The lowest BCUT2D eigenvalue weighted by atomic mass is 9.78. The molecule has 3 amide bonds. The average Bonchev–Trinajstić information content (AvgIpc) is 3.39. The van der Waals surface area contributed by atoms with Crippen LogP contribution in [0, 0.1) is 5.41 Å². The Balaban J connectivity index is 1.31. The van der Waals surface area contributed by atoms with Gasteiger partial charge in [-0.15, -0.1) is 11.3 Å². The summed E-state index contributed by atoms with van der Waals surface area (Å²) in [5.74, 6) is 0.0646. The van der Waals surface area contributed by atoms with Crippen LogP contribution < -0.4 is 5.32 Å². The highest BCUT2D eigenvalue weighted by molar-refractivity contribution is 7.12. The molecule has 3 heterocycles. The second-order valence-corrected chi connectivity index (χ2v) is 8.89. The number of piperidine rings is 1. The van der Waals surface area contributed by atoms with Gasteiger partial charge in [0.2, 0.25) is 0 Å². The molecule has 2 aromatic rings. The minimum atomic E-state index is -4.40. The van der Waals surface area contributed by atoms with E-state index in [4.69, 9.17) is 0 Å². The quantitative estimate of drug-likeness (QED) is 0.725. The number of nitrogens with one attached hydrogen (secondary N) is 1.